The van der Waals surface area contributed by atoms with Crippen molar-refractivity contribution >= 4 is 17.3 Å². The Morgan fingerprint density at radius 3 is 2.61 bits per heavy atom. The molecule has 6 nitrogen and oxygen atoms in total. The second-order valence-corrected chi connectivity index (χ2v) is 7.04. The maximum Gasteiger partial charge on any atom is 0.170 e. The maximum absolute atomic E-state index is 5.70. The van der Waals surface area contributed by atoms with Gasteiger partial charge in [0.1, 0.15) is 5.82 Å². The highest BCUT2D eigenvalue weighted by atomic mass is 32.1. The lowest BCUT2D eigenvalue weighted by molar-refractivity contribution is 0.180. The van der Waals surface area contributed by atoms with E-state index in [1.807, 2.05) is 61.1 Å². The van der Waals surface area contributed by atoms with E-state index in [1.165, 1.54) is 0 Å². The minimum absolute atomic E-state index is 0.0104. The van der Waals surface area contributed by atoms with E-state index in [2.05, 4.69) is 30.8 Å². The molecule has 1 N–H and O–H groups in total. The summed E-state index contributed by atoms with van der Waals surface area (Å²) in [5, 5.41) is 4.23. The Kier molecular flexibility index (Phi) is 5.64. The molecule has 0 aliphatic carbocycles. The summed E-state index contributed by atoms with van der Waals surface area (Å²) < 4.78 is 7.37. The molecule has 4 heterocycles. The van der Waals surface area contributed by atoms with Crippen LogP contribution in [0.1, 0.15) is 29.9 Å². The number of nitrogens with zero attached hydrogens (tertiary/aromatic N) is 4. The zero-order valence-corrected chi connectivity index (χ0v) is 16.5. The molecular formula is C21H23N5OS. The van der Waals surface area contributed by atoms with Crippen molar-refractivity contribution in [2.45, 2.75) is 18.5 Å². The first kappa shape index (κ1) is 18.6. The number of methoxy groups -OCH3 is 1. The number of hydrogen-bond donors (Lipinski definition) is 1. The second-order valence-electron chi connectivity index (χ2n) is 6.66. The Morgan fingerprint density at radius 1 is 1.07 bits per heavy atom. The number of rotatable bonds is 7. The fourth-order valence-corrected chi connectivity index (χ4v) is 4.02. The van der Waals surface area contributed by atoms with Crippen molar-refractivity contribution < 1.29 is 4.74 Å². The van der Waals surface area contributed by atoms with Crippen molar-refractivity contribution in [3.63, 3.8) is 0 Å². The Hall–Kier alpha value is -2.77. The molecule has 7 heteroatoms. The summed E-state index contributed by atoms with van der Waals surface area (Å²) in [5.74, 6) is 0.886. The number of ether oxygens (including phenoxy) is 1. The summed E-state index contributed by atoms with van der Waals surface area (Å²) in [5.41, 5.74) is 2.09. The van der Waals surface area contributed by atoms with Gasteiger partial charge in [-0.15, -0.1) is 0 Å². The average Bonchev–Trinajstić information content (AvgIpc) is 3.34. The zero-order chi connectivity index (χ0) is 19.3. The van der Waals surface area contributed by atoms with Gasteiger partial charge in [0, 0.05) is 44.5 Å². The number of thiocarbonyl (C=S) groups is 1. The summed E-state index contributed by atoms with van der Waals surface area (Å²) in [4.78, 5) is 11.4. The van der Waals surface area contributed by atoms with Crippen LogP contribution in [-0.2, 0) is 4.74 Å². The molecule has 1 aliphatic rings. The molecule has 0 unspecified atom stereocenters. The van der Waals surface area contributed by atoms with Crippen molar-refractivity contribution in [2.24, 2.45) is 0 Å². The van der Waals surface area contributed by atoms with Crippen LogP contribution in [-0.4, -0.2) is 44.8 Å². The van der Waals surface area contributed by atoms with Gasteiger partial charge < -0.3 is 19.5 Å². The third-order valence-corrected chi connectivity index (χ3v) is 5.28. The normalized spacial score (nSPS) is 19.0. The van der Waals surface area contributed by atoms with Gasteiger partial charge in [0.2, 0.25) is 0 Å². The summed E-state index contributed by atoms with van der Waals surface area (Å²) in [6.07, 6.45) is 6.57. The smallest absolute Gasteiger partial charge is 0.170 e. The molecule has 3 aromatic heterocycles. The van der Waals surface area contributed by atoms with E-state index in [-0.39, 0.29) is 12.1 Å². The third kappa shape index (κ3) is 3.63. The van der Waals surface area contributed by atoms with Crippen LogP contribution in [0.5, 0.6) is 0 Å². The maximum atomic E-state index is 5.70. The van der Waals surface area contributed by atoms with Gasteiger partial charge in [0.05, 0.1) is 17.8 Å². The van der Waals surface area contributed by atoms with Crippen molar-refractivity contribution in [3.8, 4) is 5.82 Å². The van der Waals surface area contributed by atoms with Crippen molar-refractivity contribution in [3.05, 3.63) is 78.5 Å². The summed E-state index contributed by atoms with van der Waals surface area (Å²) in [7, 11) is 1.72. The van der Waals surface area contributed by atoms with E-state index >= 15 is 0 Å². The lowest BCUT2D eigenvalue weighted by Crippen LogP contribution is -2.32. The minimum atomic E-state index is -0.0337. The van der Waals surface area contributed by atoms with Crippen molar-refractivity contribution in [1.29, 1.82) is 0 Å². The van der Waals surface area contributed by atoms with Gasteiger partial charge in [-0.1, -0.05) is 12.1 Å². The molecule has 1 saturated heterocycles. The van der Waals surface area contributed by atoms with Gasteiger partial charge in [-0.25, -0.2) is 4.98 Å². The third-order valence-electron chi connectivity index (χ3n) is 4.92. The molecule has 3 aromatic rings. The number of nitrogens with one attached hydrogen (secondary N) is 1. The fourth-order valence-electron chi connectivity index (χ4n) is 3.69. The molecule has 0 spiro atoms. The molecule has 2 atom stereocenters. The van der Waals surface area contributed by atoms with Gasteiger partial charge >= 0.3 is 0 Å². The number of hydrogen-bond acceptors (Lipinski definition) is 4. The Morgan fingerprint density at radius 2 is 1.89 bits per heavy atom. The van der Waals surface area contributed by atoms with E-state index < -0.39 is 0 Å². The quantitative estimate of drug-likeness (QED) is 0.491. The molecule has 4 rings (SSSR count). The van der Waals surface area contributed by atoms with Crippen LogP contribution < -0.4 is 5.32 Å². The molecule has 144 valence electrons. The van der Waals surface area contributed by atoms with E-state index in [0.29, 0.717) is 6.61 Å². The predicted octanol–water partition coefficient (Wildman–Crippen LogP) is 3.28. The van der Waals surface area contributed by atoms with E-state index in [4.69, 9.17) is 17.0 Å². The summed E-state index contributed by atoms with van der Waals surface area (Å²) in [6, 6.07) is 16.1. The molecule has 28 heavy (non-hydrogen) atoms. The summed E-state index contributed by atoms with van der Waals surface area (Å²) in [6.45, 7) is 1.50. The van der Waals surface area contributed by atoms with Crippen molar-refractivity contribution in [1.82, 2.24) is 24.8 Å². The molecule has 0 bridgehead atoms. The molecule has 0 saturated carbocycles. The standard InChI is InChI=1S/C21H23N5OS/c1-27-15-7-14-26-20(19(24-21(26)28)16-8-2-4-11-22-16)17-9-6-13-25(17)18-10-3-5-12-23-18/h2-6,8-13,19-20H,7,14-15H2,1H3,(H,24,28)/t19-,20-/m0/s1. The van der Waals surface area contributed by atoms with E-state index in [1.54, 1.807) is 7.11 Å². The SMILES string of the molecule is COCCCN1C(=S)N[C@@H](c2ccccn2)[C@@H]1c1cccn1-c1ccccn1. The van der Waals surface area contributed by atoms with Crippen LogP contribution in [0.25, 0.3) is 5.82 Å². The zero-order valence-electron chi connectivity index (χ0n) is 15.7. The van der Waals surface area contributed by atoms with Gasteiger partial charge in [-0.05, 0) is 55.0 Å². The number of pyridine rings is 2. The first-order valence-electron chi connectivity index (χ1n) is 9.35. The number of aromatic nitrogens is 3. The first-order valence-corrected chi connectivity index (χ1v) is 9.76. The molecular weight excluding hydrogens is 370 g/mol. The second kappa shape index (κ2) is 8.50. The topological polar surface area (TPSA) is 55.2 Å². The Labute approximate surface area is 170 Å². The molecule has 0 radical (unpaired) electrons. The van der Waals surface area contributed by atoms with E-state index in [9.17, 15) is 0 Å². The molecule has 0 aromatic carbocycles. The Balaban J connectivity index is 1.75. The highest BCUT2D eigenvalue weighted by molar-refractivity contribution is 7.80. The van der Waals surface area contributed by atoms with Crippen LogP contribution in [0.2, 0.25) is 0 Å². The van der Waals surface area contributed by atoms with Crippen LogP contribution in [0.3, 0.4) is 0 Å². The molecule has 0 amide bonds. The van der Waals surface area contributed by atoms with E-state index in [0.717, 1.165) is 35.3 Å². The predicted molar refractivity (Wildman–Crippen MR) is 112 cm³/mol. The van der Waals surface area contributed by atoms with Crippen LogP contribution in [0.15, 0.2) is 67.1 Å². The highest BCUT2D eigenvalue weighted by Gasteiger charge is 2.40. The lowest BCUT2D eigenvalue weighted by atomic mass is 10.0. The van der Waals surface area contributed by atoms with Crippen molar-refractivity contribution in [2.75, 3.05) is 20.3 Å². The van der Waals surface area contributed by atoms with Gasteiger partial charge in [-0.3, -0.25) is 4.98 Å². The molecule has 1 fully saturated rings. The summed E-state index contributed by atoms with van der Waals surface area (Å²) >= 11 is 5.70. The molecule has 1 aliphatic heterocycles. The average molecular weight is 394 g/mol. The minimum Gasteiger partial charge on any atom is -0.385 e. The first-order chi connectivity index (χ1) is 13.8. The highest BCUT2D eigenvalue weighted by Crippen LogP contribution is 2.39. The van der Waals surface area contributed by atoms with Crippen LogP contribution >= 0.6 is 12.2 Å². The monoisotopic (exact) mass is 393 g/mol. The largest absolute Gasteiger partial charge is 0.385 e. The van der Waals surface area contributed by atoms with Crippen LogP contribution in [0, 0.1) is 0 Å². The van der Waals surface area contributed by atoms with Crippen LogP contribution in [0.4, 0.5) is 0 Å². The fraction of sp³-hybridized carbons (Fsp3) is 0.286. The van der Waals surface area contributed by atoms with Gasteiger partial charge in [-0.2, -0.15) is 0 Å². The van der Waals surface area contributed by atoms with Gasteiger partial charge in [0.25, 0.3) is 0 Å². The lowest BCUT2D eigenvalue weighted by Gasteiger charge is -2.28. The Bertz CT molecular complexity index is 915. The van der Waals surface area contributed by atoms with Gasteiger partial charge in [0.15, 0.2) is 5.11 Å².